The van der Waals surface area contributed by atoms with E-state index in [1.165, 1.54) is 16.4 Å². The number of amides is 2. The Kier molecular flexibility index (Phi) is 8.95. The molecule has 228 valence electrons. The van der Waals surface area contributed by atoms with Crippen LogP contribution in [0.5, 0.6) is 0 Å². The SMILES string of the molecule is CC(C)(C)OC(=O)NNC(=O)CCCN(Cc1cc2oc(-c3ccc(F)cc3)c(-c3ncc[nH]3)c2cc1C1CC1)S(=O)O. The van der Waals surface area contributed by atoms with Gasteiger partial charge in [0, 0.05) is 42.9 Å². The largest absolute Gasteiger partial charge is 0.455 e. The summed E-state index contributed by atoms with van der Waals surface area (Å²) in [5, 5.41) is 0.839. The molecule has 0 bridgehead atoms. The van der Waals surface area contributed by atoms with Gasteiger partial charge in [-0.05, 0) is 93.5 Å². The summed E-state index contributed by atoms with van der Waals surface area (Å²) in [5.74, 6) is 0.657. The second-order valence-corrected chi connectivity index (χ2v) is 12.4. The summed E-state index contributed by atoms with van der Waals surface area (Å²) in [6, 6.07) is 10.00. The lowest BCUT2D eigenvalue weighted by molar-refractivity contribution is -0.122. The molecular weight excluding hydrogens is 577 g/mol. The Labute approximate surface area is 250 Å². The molecule has 11 nitrogen and oxygen atoms in total. The maximum atomic E-state index is 13.7. The Balaban J connectivity index is 1.35. The van der Waals surface area contributed by atoms with Gasteiger partial charge in [0.05, 0.1) is 5.56 Å². The predicted molar refractivity (Wildman–Crippen MR) is 159 cm³/mol. The number of hydrogen-bond acceptors (Lipinski definition) is 6. The molecule has 1 aliphatic carbocycles. The number of hydrogen-bond donors (Lipinski definition) is 4. The van der Waals surface area contributed by atoms with Gasteiger partial charge in [-0.25, -0.2) is 23.8 Å². The number of carbonyl (C=O) groups excluding carboxylic acids is 2. The molecule has 43 heavy (non-hydrogen) atoms. The monoisotopic (exact) mass is 611 g/mol. The van der Waals surface area contributed by atoms with E-state index in [0.717, 1.165) is 34.9 Å². The predicted octanol–water partition coefficient (Wildman–Crippen LogP) is 5.78. The van der Waals surface area contributed by atoms with Crippen LogP contribution in [0, 0.1) is 5.82 Å². The van der Waals surface area contributed by atoms with Crippen molar-refractivity contribution >= 4 is 34.2 Å². The van der Waals surface area contributed by atoms with Crippen molar-refractivity contribution in [1.82, 2.24) is 25.1 Å². The lowest BCUT2D eigenvalue weighted by Crippen LogP contribution is -2.44. The van der Waals surface area contributed by atoms with E-state index in [1.54, 1.807) is 45.3 Å². The van der Waals surface area contributed by atoms with Crippen molar-refractivity contribution in [3.05, 3.63) is 65.7 Å². The first-order chi connectivity index (χ1) is 20.5. The molecule has 1 saturated carbocycles. The number of nitrogens with zero attached hydrogens (tertiary/aromatic N) is 2. The van der Waals surface area contributed by atoms with Gasteiger partial charge >= 0.3 is 6.09 Å². The number of carbonyl (C=O) groups is 2. The van der Waals surface area contributed by atoms with Crippen LogP contribution in [0.3, 0.4) is 0 Å². The third kappa shape index (κ3) is 7.66. The molecule has 2 heterocycles. The molecule has 2 aromatic carbocycles. The molecule has 0 radical (unpaired) electrons. The van der Waals surface area contributed by atoms with E-state index in [-0.39, 0.29) is 31.7 Å². The Morgan fingerprint density at radius 2 is 1.95 bits per heavy atom. The quantitative estimate of drug-likeness (QED) is 0.131. The third-order valence-electron chi connectivity index (χ3n) is 6.89. The van der Waals surface area contributed by atoms with Crippen molar-refractivity contribution in [3.63, 3.8) is 0 Å². The Morgan fingerprint density at radius 1 is 1.21 bits per heavy atom. The number of fused-ring (bicyclic) bond motifs is 1. The molecule has 1 unspecified atom stereocenters. The van der Waals surface area contributed by atoms with Crippen LogP contribution in [0.4, 0.5) is 9.18 Å². The maximum absolute atomic E-state index is 13.7. The summed E-state index contributed by atoms with van der Waals surface area (Å²) in [6.45, 7) is 5.43. The highest BCUT2D eigenvalue weighted by atomic mass is 32.2. The van der Waals surface area contributed by atoms with Crippen LogP contribution < -0.4 is 10.9 Å². The topological polar surface area (TPSA) is 150 Å². The van der Waals surface area contributed by atoms with Gasteiger partial charge in [0.1, 0.15) is 28.6 Å². The van der Waals surface area contributed by atoms with Gasteiger partial charge in [0.15, 0.2) is 0 Å². The van der Waals surface area contributed by atoms with Crippen LogP contribution in [-0.4, -0.2) is 47.2 Å². The molecule has 1 aliphatic rings. The number of H-pyrrole nitrogens is 1. The standard InChI is InChI=1S/C30H34FN5O6S/c1-30(2,3)42-29(38)35-34-25(37)5-4-14-36(43(39)40)17-20-15-24-23(16-22(20)18-6-7-18)26(28-32-12-13-33-28)27(41-24)19-8-10-21(31)11-9-19/h8-13,15-16,18H,4-7,14,17H2,1-3H3,(H,32,33)(H,34,37)(H,35,38)(H,39,40). The minimum absolute atomic E-state index is 0.0176. The number of nitrogens with one attached hydrogen (secondary N) is 3. The molecule has 2 aromatic heterocycles. The Bertz CT molecular complexity index is 1630. The number of aromatic amines is 1. The van der Waals surface area contributed by atoms with Crippen molar-refractivity contribution < 1.29 is 31.9 Å². The summed E-state index contributed by atoms with van der Waals surface area (Å²) in [6.07, 6.45) is 4.89. The summed E-state index contributed by atoms with van der Waals surface area (Å²) in [5.41, 5.74) is 7.70. The first-order valence-corrected chi connectivity index (χ1v) is 15.0. The number of rotatable bonds is 10. The van der Waals surface area contributed by atoms with Gasteiger partial charge in [0.25, 0.3) is 0 Å². The van der Waals surface area contributed by atoms with E-state index in [1.807, 2.05) is 6.07 Å². The van der Waals surface area contributed by atoms with E-state index < -0.39 is 28.9 Å². The van der Waals surface area contributed by atoms with E-state index >= 15 is 0 Å². The fourth-order valence-corrected chi connectivity index (χ4v) is 5.39. The molecule has 0 saturated heterocycles. The van der Waals surface area contributed by atoms with Gasteiger partial charge in [-0.1, -0.05) is 0 Å². The number of furan rings is 1. The fourth-order valence-electron chi connectivity index (χ4n) is 4.86. The van der Waals surface area contributed by atoms with Gasteiger partial charge < -0.3 is 14.1 Å². The molecule has 1 fully saturated rings. The normalized spacial score (nSPS) is 14.2. The van der Waals surface area contributed by atoms with E-state index in [2.05, 4.69) is 26.9 Å². The van der Waals surface area contributed by atoms with Crippen LogP contribution in [0.25, 0.3) is 33.7 Å². The molecule has 4 aromatic rings. The highest BCUT2D eigenvalue weighted by Crippen LogP contribution is 2.46. The zero-order valence-electron chi connectivity index (χ0n) is 24.1. The first-order valence-electron chi connectivity index (χ1n) is 14.0. The zero-order chi connectivity index (χ0) is 30.7. The third-order valence-corrected chi connectivity index (χ3v) is 7.64. The second-order valence-electron chi connectivity index (χ2n) is 11.4. The number of imidazole rings is 1. The van der Waals surface area contributed by atoms with Gasteiger partial charge in [-0.3, -0.25) is 14.8 Å². The second kappa shape index (κ2) is 12.7. The molecule has 13 heteroatoms. The van der Waals surface area contributed by atoms with Crippen LogP contribution in [0.2, 0.25) is 0 Å². The van der Waals surface area contributed by atoms with Crippen LogP contribution in [0.15, 0.2) is 53.2 Å². The molecular formula is C30H34FN5O6S. The van der Waals surface area contributed by atoms with Gasteiger partial charge in [-0.2, -0.15) is 4.31 Å². The van der Waals surface area contributed by atoms with Crippen LogP contribution >= 0.6 is 0 Å². The van der Waals surface area contributed by atoms with E-state index in [9.17, 15) is 22.7 Å². The molecule has 1 atom stereocenters. The minimum atomic E-state index is -2.30. The van der Waals surface area contributed by atoms with E-state index in [0.29, 0.717) is 28.6 Å². The maximum Gasteiger partial charge on any atom is 0.426 e. The van der Waals surface area contributed by atoms with Crippen LogP contribution in [-0.2, 0) is 27.3 Å². The summed E-state index contributed by atoms with van der Waals surface area (Å²) in [4.78, 5) is 31.6. The van der Waals surface area contributed by atoms with Crippen molar-refractivity contribution in [2.75, 3.05) is 6.54 Å². The lowest BCUT2D eigenvalue weighted by Gasteiger charge is -2.20. The van der Waals surface area contributed by atoms with Crippen molar-refractivity contribution in [3.8, 4) is 22.7 Å². The van der Waals surface area contributed by atoms with Crippen LogP contribution in [0.1, 0.15) is 63.5 Å². The number of ether oxygens (including phenoxy) is 1. The fraction of sp³-hybridized carbons (Fsp3) is 0.367. The Hall–Kier alpha value is -4.07. The molecule has 5 rings (SSSR count). The highest BCUT2D eigenvalue weighted by molar-refractivity contribution is 7.76. The lowest BCUT2D eigenvalue weighted by atomic mass is 9.97. The highest BCUT2D eigenvalue weighted by Gasteiger charge is 2.30. The average Bonchev–Trinajstić information content (AvgIpc) is 3.51. The number of halogens is 1. The Morgan fingerprint density at radius 3 is 2.58 bits per heavy atom. The zero-order valence-corrected chi connectivity index (χ0v) is 24.9. The summed E-state index contributed by atoms with van der Waals surface area (Å²) in [7, 11) is 0. The minimum Gasteiger partial charge on any atom is -0.455 e. The number of aromatic nitrogens is 2. The first kappa shape index (κ1) is 30.4. The van der Waals surface area contributed by atoms with Gasteiger partial charge in [-0.15, -0.1) is 0 Å². The molecule has 0 aliphatic heterocycles. The van der Waals surface area contributed by atoms with Crippen molar-refractivity contribution in [2.24, 2.45) is 0 Å². The molecule has 2 amide bonds. The number of hydrazine groups is 1. The van der Waals surface area contributed by atoms with Gasteiger partial charge in [0.2, 0.25) is 17.2 Å². The molecule has 0 spiro atoms. The molecule has 4 N–H and O–H groups in total. The van der Waals surface area contributed by atoms with Crippen molar-refractivity contribution in [1.29, 1.82) is 0 Å². The summed E-state index contributed by atoms with van der Waals surface area (Å²) < 4.78 is 48.9. The van der Waals surface area contributed by atoms with Crippen molar-refractivity contribution in [2.45, 2.75) is 64.5 Å². The summed E-state index contributed by atoms with van der Waals surface area (Å²) >= 11 is -2.30. The smallest absolute Gasteiger partial charge is 0.426 e. The van der Waals surface area contributed by atoms with E-state index in [4.69, 9.17) is 9.15 Å². The average molecular weight is 612 g/mol. The number of benzene rings is 2.